The van der Waals surface area contributed by atoms with E-state index in [1.54, 1.807) is 13.0 Å². The van der Waals surface area contributed by atoms with E-state index in [2.05, 4.69) is 20.2 Å². The molecule has 1 aliphatic heterocycles. The predicted molar refractivity (Wildman–Crippen MR) is 88.0 cm³/mol. The van der Waals surface area contributed by atoms with Crippen LogP contribution in [-0.2, 0) is 6.54 Å². The molecule has 0 spiro atoms. The summed E-state index contributed by atoms with van der Waals surface area (Å²) in [6.07, 6.45) is 1.78. The van der Waals surface area contributed by atoms with E-state index >= 15 is 0 Å². The van der Waals surface area contributed by atoms with Gasteiger partial charge in [-0.05, 0) is 31.9 Å². The molecule has 2 N–H and O–H groups in total. The number of aryl methyl sites for hydroxylation is 1. The van der Waals surface area contributed by atoms with Gasteiger partial charge in [0.1, 0.15) is 5.82 Å². The number of nitrogens with zero attached hydrogens (tertiary/aromatic N) is 2. The van der Waals surface area contributed by atoms with Crippen molar-refractivity contribution >= 4 is 5.69 Å². The number of aromatic amines is 1. The van der Waals surface area contributed by atoms with Gasteiger partial charge < -0.3 is 15.2 Å². The first-order valence-corrected chi connectivity index (χ1v) is 8.01. The number of H-pyrrole nitrogens is 1. The Bertz CT molecular complexity index is 769. The minimum absolute atomic E-state index is 0.146. The lowest BCUT2D eigenvalue weighted by atomic mass is 10.0. The van der Waals surface area contributed by atoms with E-state index in [1.807, 2.05) is 0 Å². The van der Waals surface area contributed by atoms with Crippen molar-refractivity contribution in [3.63, 3.8) is 0 Å². The molecule has 24 heavy (non-hydrogen) atoms. The summed E-state index contributed by atoms with van der Waals surface area (Å²) in [5, 5.41) is 3.41. The second-order valence-electron chi connectivity index (χ2n) is 6.06. The highest BCUT2D eigenvalue weighted by Gasteiger charge is 2.20. The van der Waals surface area contributed by atoms with Crippen molar-refractivity contribution in [2.24, 2.45) is 0 Å². The second-order valence-corrected chi connectivity index (χ2v) is 6.06. The summed E-state index contributed by atoms with van der Waals surface area (Å²) in [5.74, 6) is -1.04. The molecule has 1 aromatic heterocycles. The molecule has 1 fully saturated rings. The van der Waals surface area contributed by atoms with Gasteiger partial charge in [-0.15, -0.1) is 0 Å². The molecule has 1 aromatic carbocycles. The first-order chi connectivity index (χ1) is 11.5. The SMILES string of the molecule is Cc1nc(CNC2CCN(c3ccc(F)c(F)c3)CC2)cc(=O)[nH]1. The Morgan fingerprint density at radius 2 is 2.00 bits per heavy atom. The van der Waals surface area contributed by atoms with Gasteiger partial charge in [-0.25, -0.2) is 13.8 Å². The van der Waals surface area contributed by atoms with Crippen LogP contribution in [0.5, 0.6) is 0 Å². The van der Waals surface area contributed by atoms with E-state index in [-0.39, 0.29) is 5.56 Å². The number of benzene rings is 1. The lowest BCUT2D eigenvalue weighted by Gasteiger charge is -2.34. The van der Waals surface area contributed by atoms with Crippen LogP contribution >= 0.6 is 0 Å². The van der Waals surface area contributed by atoms with Gasteiger partial charge in [-0.1, -0.05) is 0 Å². The summed E-state index contributed by atoms with van der Waals surface area (Å²) >= 11 is 0. The number of hydrogen-bond acceptors (Lipinski definition) is 4. The molecule has 0 radical (unpaired) electrons. The van der Waals surface area contributed by atoms with Crippen LogP contribution in [0.15, 0.2) is 29.1 Å². The zero-order valence-electron chi connectivity index (χ0n) is 13.5. The standard InChI is InChI=1S/C17H20F2N4O/c1-11-21-13(8-17(24)22-11)10-20-12-4-6-23(7-5-12)14-2-3-15(18)16(19)9-14/h2-3,8-9,12,20H,4-7,10H2,1H3,(H,21,22,24). The molecule has 1 aliphatic rings. The highest BCUT2D eigenvalue weighted by atomic mass is 19.2. The highest BCUT2D eigenvalue weighted by molar-refractivity contribution is 5.47. The van der Waals surface area contributed by atoms with E-state index in [4.69, 9.17) is 0 Å². The monoisotopic (exact) mass is 334 g/mol. The van der Waals surface area contributed by atoms with Crippen LogP contribution in [0, 0.1) is 18.6 Å². The Hall–Kier alpha value is -2.28. The second kappa shape index (κ2) is 7.09. The van der Waals surface area contributed by atoms with Crippen molar-refractivity contribution < 1.29 is 8.78 Å². The summed E-state index contributed by atoms with van der Waals surface area (Å²) in [6, 6.07) is 5.82. The van der Waals surface area contributed by atoms with Crippen LogP contribution < -0.4 is 15.8 Å². The Balaban J connectivity index is 1.53. The first kappa shape index (κ1) is 16.6. The average molecular weight is 334 g/mol. The predicted octanol–water partition coefficient (Wildman–Crippen LogP) is 2.12. The summed E-state index contributed by atoms with van der Waals surface area (Å²) in [7, 11) is 0. The zero-order valence-corrected chi connectivity index (χ0v) is 13.5. The van der Waals surface area contributed by atoms with Gasteiger partial charge in [0, 0.05) is 43.5 Å². The third-order valence-corrected chi connectivity index (χ3v) is 4.25. The molecule has 0 aliphatic carbocycles. The largest absolute Gasteiger partial charge is 0.371 e. The van der Waals surface area contributed by atoms with Gasteiger partial charge in [0.2, 0.25) is 0 Å². The topological polar surface area (TPSA) is 61.0 Å². The van der Waals surface area contributed by atoms with E-state index in [0.717, 1.165) is 37.7 Å². The van der Waals surface area contributed by atoms with Gasteiger partial charge in [0.15, 0.2) is 11.6 Å². The summed E-state index contributed by atoms with van der Waals surface area (Å²) in [5.41, 5.74) is 1.28. The maximum Gasteiger partial charge on any atom is 0.251 e. The molecule has 0 saturated carbocycles. The van der Waals surface area contributed by atoms with Crippen LogP contribution in [0.2, 0.25) is 0 Å². The molecular weight excluding hydrogens is 314 g/mol. The van der Waals surface area contributed by atoms with Crippen molar-refractivity contribution in [1.82, 2.24) is 15.3 Å². The highest BCUT2D eigenvalue weighted by Crippen LogP contribution is 2.22. The third-order valence-electron chi connectivity index (χ3n) is 4.25. The fourth-order valence-corrected chi connectivity index (χ4v) is 3.00. The number of aromatic nitrogens is 2. The Labute approximate surface area is 138 Å². The average Bonchev–Trinajstić information content (AvgIpc) is 2.55. The van der Waals surface area contributed by atoms with E-state index in [0.29, 0.717) is 24.1 Å². The molecule has 2 aromatic rings. The Morgan fingerprint density at radius 3 is 2.67 bits per heavy atom. The molecule has 7 heteroatoms. The fourth-order valence-electron chi connectivity index (χ4n) is 3.00. The van der Waals surface area contributed by atoms with Crippen molar-refractivity contribution in [2.75, 3.05) is 18.0 Å². The molecular formula is C17H20F2N4O. The lowest BCUT2D eigenvalue weighted by molar-refractivity contribution is 0.411. The summed E-state index contributed by atoms with van der Waals surface area (Å²) < 4.78 is 26.3. The number of halogens is 2. The Kier molecular flexibility index (Phi) is 4.89. The lowest BCUT2D eigenvalue weighted by Crippen LogP contribution is -2.42. The quantitative estimate of drug-likeness (QED) is 0.899. The molecule has 0 bridgehead atoms. The summed E-state index contributed by atoms with van der Waals surface area (Å²) in [4.78, 5) is 20.4. The number of hydrogen-bond donors (Lipinski definition) is 2. The third kappa shape index (κ3) is 3.97. The fraction of sp³-hybridized carbons (Fsp3) is 0.412. The van der Waals surface area contributed by atoms with Crippen LogP contribution in [0.3, 0.4) is 0 Å². The minimum atomic E-state index is -0.823. The number of nitrogens with one attached hydrogen (secondary N) is 2. The van der Waals surface area contributed by atoms with E-state index in [9.17, 15) is 13.6 Å². The smallest absolute Gasteiger partial charge is 0.251 e. The molecule has 0 atom stereocenters. The minimum Gasteiger partial charge on any atom is -0.371 e. The van der Waals surface area contributed by atoms with Gasteiger partial charge >= 0.3 is 0 Å². The number of anilines is 1. The van der Waals surface area contributed by atoms with E-state index in [1.165, 1.54) is 12.1 Å². The Morgan fingerprint density at radius 1 is 1.25 bits per heavy atom. The normalized spacial score (nSPS) is 15.7. The molecule has 128 valence electrons. The zero-order chi connectivity index (χ0) is 17.1. The maximum absolute atomic E-state index is 13.3. The van der Waals surface area contributed by atoms with Crippen molar-refractivity contribution in [3.8, 4) is 0 Å². The molecule has 3 rings (SSSR count). The molecule has 0 amide bonds. The van der Waals surface area contributed by atoms with Crippen LogP contribution in [0.4, 0.5) is 14.5 Å². The first-order valence-electron chi connectivity index (χ1n) is 8.01. The van der Waals surface area contributed by atoms with Crippen LogP contribution in [0.25, 0.3) is 0 Å². The van der Waals surface area contributed by atoms with Crippen molar-refractivity contribution in [2.45, 2.75) is 32.4 Å². The molecule has 0 unspecified atom stereocenters. The van der Waals surface area contributed by atoms with Gasteiger partial charge in [0.05, 0.1) is 5.69 Å². The van der Waals surface area contributed by atoms with Crippen LogP contribution in [-0.4, -0.2) is 29.1 Å². The van der Waals surface area contributed by atoms with E-state index < -0.39 is 11.6 Å². The molecule has 1 saturated heterocycles. The molecule has 5 nitrogen and oxygen atoms in total. The van der Waals surface area contributed by atoms with Gasteiger partial charge in [0.25, 0.3) is 5.56 Å². The van der Waals surface area contributed by atoms with Gasteiger partial charge in [-0.2, -0.15) is 0 Å². The van der Waals surface area contributed by atoms with Gasteiger partial charge in [-0.3, -0.25) is 4.79 Å². The number of piperidine rings is 1. The molecule has 2 heterocycles. The number of rotatable bonds is 4. The maximum atomic E-state index is 13.3. The summed E-state index contributed by atoms with van der Waals surface area (Å²) in [6.45, 7) is 3.83. The van der Waals surface area contributed by atoms with Crippen molar-refractivity contribution in [3.05, 3.63) is 57.8 Å². The van der Waals surface area contributed by atoms with Crippen LogP contribution in [0.1, 0.15) is 24.4 Å². The van der Waals surface area contributed by atoms with Crippen molar-refractivity contribution in [1.29, 1.82) is 0 Å².